The van der Waals surface area contributed by atoms with E-state index in [0.717, 1.165) is 36.9 Å². The predicted molar refractivity (Wildman–Crippen MR) is 184 cm³/mol. The predicted octanol–water partition coefficient (Wildman–Crippen LogP) is 8.06. The Kier molecular flexibility index (Phi) is 11.1. The van der Waals surface area contributed by atoms with Gasteiger partial charge in [0.1, 0.15) is 23.8 Å². The minimum Gasteiger partial charge on any atom is -0.493 e. The molecule has 0 N–H and O–H groups in total. The quantitative estimate of drug-likeness (QED) is 0.144. The zero-order valence-electron chi connectivity index (χ0n) is 27.4. The van der Waals surface area contributed by atoms with Gasteiger partial charge in [0.05, 0.1) is 42.1 Å². The molecule has 50 heavy (non-hydrogen) atoms. The van der Waals surface area contributed by atoms with Crippen molar-refractivity contribution >= 4 is 41.0 Å². The zero-order chi connectivity index (χ0) is 35.4. The molecule has 4 heterocycles. The van der Waals surface area contributed by atoms with Gasteiger partial charge in [-0.25, -0.2) is 18.4 Å². The van der Waals surface area contributed by atoms with Crippen molar-refractivity contribution < 1.29 is 37.3 Å². The molecule has 0 aliphatic carbocycles. The number of amides is 1. The lowest BCUT2D eigenvalue weighted by atomic mass is 9.86. The van der Waals surface area contributed by atoms with Crippen LogP contribution >= 0.6 is 23.2 Å². The first-order valence-corrected chi connectivity index (χ1v) is 16.8. The summed E-state index contributed by atoms with van der Waals surface area (Å²) in [6, 6.07) is 14.6. The summed E-state index contributed by atoms with van der Waals surface area (Å²) in [5.41, 5.74) is 1.63. The van der Waals surface area contributed by atoms with Crippen molar-refractivity contribution in [1.82, 2.24) is 9.88 Å². The van der Waals surface area contributed by atoms with Gasteiger partial charge in [-0.3, -0.25) is 14.8 Å². The third kappa shape index (κ3) is 7.96. The summed E-state index contributed by atoms with van der Waals surface area (Å²) < 4.78 is 51.9. The first-order valence-electron chi connectivity index (χ1n) is 16.1. The number of esters is 1. The number of carbonyl (C=O) groups is 2. The number of halogens is 4. The van der Waals surface area contributed by atoms with Crippen molar-refractivity contribution in [3.63, 3.8) is 0 Å². The van der Waals surface area contributed by atoms with Gasteiger partial charge in [-0.2, -0.15) is 0 Å². The van der Waals surface area contributed by atoms with E-state index in [1.54, 1.807) is 42.5 Å². The van der Waals surface area contributed by atoms with E-state index in [9.17, 15) is 14.0 Å². The molecule has 13 heteroatoms. The van der Waals surface area contributed by atoms with E-state index in [2.05, 4.69) is 9.88 Å². The van der Waals surface area contributed by atoms with Crippen molar-refractivity contribution in [2.75, 3.05) is 38.8 Å². The van der Waals surface area contributed by atoms with Crippen LogP contribution in [0.3, 0.4) is 0 Å². The smallest absolute Gasteiger partial charge is 0.415 e. The van der Waals surface area contributed by atoms with Crippen LogP contribution in [0.25, 0.3) is 0 Å². The molecule has 0 unspecified atom stereocenters. The maximum Gasteiger partial charge on any atom is 0.415 e. The normalized spacial score (nSPS) is 18.6. The van der Waals surface area contributed by atoms with Crippen LogP contribution in [-0.4, -0.2) is 61.9 Å². The van der Waals surface area contributed by atoms with Crippen LogP contribution in [0, 0.1) is 17.6 Å². The molecule has 9 nitrogen and oxygen atoms in total. The average Bonchev–Trinajstić information content (AvgIpc) is 3.12. The standard InChI is InChI=1S/C37H35Cl2F2N3O6/c1-47-32-9-6-24(15-34(32)48-2)33(17-27-28(38)18-42-19-29(27)39)49-36(45)25-5-3-4-22(14-25)20-44(31-8-7-26(40)16-30(31)41)37(46)50-35-21-43-12-10-23(35)11-13-43/h3-9,14-16,18-19,23,33,35H,10-13,17,20-21H2,1-2H3/t33-,35-/m0/s1. The summed E-state index contributed by atoms with van der Waals surface area (Å²) in [4.78, 5) is 34.8. The topological polar surface area (TPSA) is 90.4 Å². The molecular weight excluding hydrogens is 691 g/mol. The number of carbonyl (C=O) groups excluding carboxylic acids is 2. The minimum absolute atomic E-state index is 0.115. The number of methoxy groups -OCH3 is 2. The van der Waals surface area contributed by atoms with E-state index in [4.69, 9.17) is 42.1 Å². The van der Waals surface area contributed by atoms with Gasteiger partial charge < -0.3 is 18.9 Å². The molecule has 0 saturated carbocycles. The lowest BCUT2D eigenvalue weighted by Gasteiger charge is -2.44. The van der Waals surface area contributed by atoms with Gasteiger partial charge in [-0.1, -0.05) is 41.4 Å². The van der Waals surface area contributed by atoms with E-state index < -0.39 is 29.8 Å². The van der Waals surface area contributed by atoms with Crippen molar-refractivity contribution in [3.05, 3.63) is 117 Å². The number of pyridine rings is 1. The molecule has 1 aromatic heterocycles. The molecule has 3 aliphatic rings. The van der Waals surface area contributed by atoms with Gasteiger partial charge in [0.25, 0.3) is 0 Å². The number of fused-ring (bicyclic) bond motifs is 3. The van der Waals surface area contributed by atoms with E-state index in [0.29, 0.717) is 50.8 Å². The number of rotatable bonds is 11. The molecule has 0 radical (unpaired) electrons. The summed E-state index contributed by atoms with van der Waals surface area (Å²) >= 11 is 12.9. The highest BCUT2D eigenvalue weighted by Gasteiger charge is 2.38. The number of aromatic nitrogens is 1. The molecule has 7 rings (SSSR count). The van der Waals surface area contributed by atoms with Crippen LogP contribution in [-0.2, 0) is 22.4 Å². The number of anilines is 1. The second kappa shape index (κ2) is 15.6. The molecule has 3 saturated heterocycles. The number of piperidine rings is 3. The van der Waals surface area contributed by atoms with E-state index >= 15 is 4.39 Å². The molecule has 3 aliphatic heterocycles. The Bertz CT molecular complexity index is 1850. The molecule has 0 spiro atoms. The van der Waals surface area contributed by atoms with E-state index in [1.165, 1.54) is 32.7 Å². The SMILES string of the molecule is COc1ccc([C@H](Cc2c(Cl)cncc2Cl)OC(=O)c2cccc(CN(C(=O)O[C@H]3CN4CCC3CC4)c3ccc(F)cc3F)c2)cc1OC. The maximum atomic E-state index is 15.1. The largest absolute Gasteiger partial charge is 0.493 e. The lowest BCUT2D eigenvalue weighted by molar-refractivity contribution is -0.0311. The highest BCUT2D eigenvalue weighted by atomic mass is 35.5. The van der Waals surface area contributed by atoms with Gasteiger partial charge in [-0.15, -0.1) is 0 Å². The summed E-state index contributed by atoms with van der Waals surface area (Å²) in [6.07, 6.45) is 2.88. The molecule has 1 amide bonds. The number of hydrogen-bond donors (Lipinski definition) is 0. The fraction of sp³-hybridized carbons (Fsp3) is 0.324. The summed E-state index contributed by atoms with van der Waals surface area (Å²) in [6.45, 7) is 2.35. The number of nitrogens with zero attached hydrogens (tertiary/aromatic N) is 3. The van der Waals surface area contributed by atoms with Crippen molar-refractivity contribution in [1.29, 1.82) is 0 Å². The zero-order valence-corrected chi connectivity index (χ0v) is 28.9. The monoisotopic (exact) mass is 725 g/mol. The Labute approximate surface area is 298 Å². The van der Waals surface area contributed by atoms with Crippen LogP contribution in [0.2, 0.25) is 10.0 Å². The third-order valence-electron chi connectivity index (χ3n) is 9.14. The molecular formula is C37H35Cl2F2N3O6. The van der Waals surface area contributed by atoms with Crippen molar-refractivity contribution in [3.8, 4) is 11.5 Å². The van der Waals surface area contributed by atoms with Gasteiger partial charge in [0, 0.05) is 31.4 Å². The van der Waals surface area contributed by atoms with Crippen LogP contribution in [0.4, 0.5) is 19.3 Å². The van der Waals surface area contributed by atoms with E-state index in [1.807, 2.05) is 0 Å². The highest BCUT2D eigenvalue weighted by molar-refractivity contribution is 6.35. The van der Waals surface area contributed by atoms with Crippen LogP contribution in [0.5, 0.6) is 11.5 Å². The third-order valence-corrected chi connectivity index (χ3v) is 9.79. The Hall–Kier alpha value is -4.45. The summed E-state index contributed by atoms with van der Waals surface area (Å²) in [5.74, 6) is -1.24. The Morgan fingerprint density at radius 1 is 0.960 bits per heavy atom. The van der Waals surface area contributed by atoms with Crippen LogP contribution in [0.15, 0.2) is 73.1 Å². The van der Waals surface area contributed by atoms with Crippen molar-refractivity contribution in [2.24, 2.45) is 5.92 Å². The van der Waals surface area contributed by atoms with Gasteiger partial charge in [-0.05, 0) is 84.9 Å². The van der Waals surface area contributed by atoms with Crippen molar-refractivity contribution in [2.45, 2.75) is 38.0 Å². The highest BCUT2D eigenvalue weighted by Crippen LogP contribution is 2.36. The van der Waals surface area contributed by atoms with Gasteiger partial charge >= 0.3 is 12.1 Å². The first kappa shape index (κ1) is 35.4. The average molecular weight is 727 g/mol. The fourth-order valence-corrected chi connectivity index (χ4v) is 6.98. The minimum atomic E-state index is -0.919. The maximum absolute atomic E-state index is 15.1. The Morgan fingerprint density at radius 2 is 1.70 bits per heavy atom. The second-order valence-corrected chi connectivity index (χ2v) is 13.1. The molecule has 2 atom stereocenters. The summed E-state index contributed by atoms with van der Waals surface area (Å²) in [5, 5.41) is 0.610. The van der Waals surface area contributed by atoms with Gasteiger partial charge in [0.2, 0.25) is 0 Å². The van der Waals surface area contributed by atoms with Gasteiger partial charge in [0.15, 0.2) is 11.5 Å². The molecule has 3 fully saturated rings. The second-order valence-electron chi connectivity index (χ2n) is 12.2. The number of hydrogen-bond acceptors (Lipinski definition) is 8. The molecule has 262 valence electrons. The molecule has 3 aromatic carbocycles. The first-order chi connectivity index (χ1) is 24.1. The Balaban J connectivity index is 1.27. The summed E-state index contributed by atoms with van der Waals surface area (Å²) in [7, 11) is 3.01. The van der Waals surface area contributed by atoms with E-state index in [-0.39, 0.29) is 36.2 Å². The Morgan fingerprint density at radius 3 is 2.36 bits per heavy atom. The number of ether oxygens (including phenoxy) is 4. The van der Waals surface area contributed by atoms with Crippen LogP contribution in [0.1, 0.15) is 46.0 Å². The molecule has 2 bridgehead atoms. The fourth-order valence-electron chi connectivity index (χ4n) is 6.46. The lowest BCUT2D eigenvalue weighted by Crippen LogP contribution is -2.53. The number of benzene rings is 3. The van der Waals surface area contributed by atoms with Crippen LogP contribution < -0.4 is 14.4 Å². The molecule has 4 aromatic rings.